The van der Waals surface area contributed by atoms with E-state index in [9.17, 15) is 21.6 Å². The van der Waals surface area contributed by atoms with Crippen molar-refractivity contribution in [1.82, 2.24) is 0 Å². The van der Waals surface area contributed by atoms with E-state index in [1.54, 1.807) is 5.43 Å². The Balaban J connectivity index is 3.72. The van der Waals surface area contributed by atoms with E-state index in [1.165, 1.54) is 0 Å². The molecule has 0 spiro atoms. The van der Waals surface area contributed by atoms with Gasteiger partial charge in [0.1, 0.15) is 4.90 Å². The van der Waals surface area contributed by atoms with E-state index in [0.29, 0.717) is 0 Å². The largest absolute Gasteiger partial charge is 0.418 e. The first-order chi connectivity index (χ1) is 7.59. The molecule has 4 N–H and O–H groups in total. The Morgan fingerprint density at radius 3 is 2.24 bits per heavy atom. The molecule has 1 rings (SSSR count). The number of benzene rings is 1. The van der Waals surface area contributed by atoms with Gasteiger partial charge in [-0.25, -0.2) is 0 Å². The third-order valence-corrected chi connectivity index (χ3v) is 2.98. The van der Waals surface area contributed by atoms with E-state index >= 15 is 0 Å². The van der Waals surface area contributed by atoms with Crippen molar-refractivity contribution in [2.24, 2.45) is 5.84 Å². The lowest BCUT2D eigenvalue weighted by Gasteiger charge is -2.17. The molecule has 0 aliphatic rings. The smallest absolute Gasteiger partial charge is 0.322 e. The second-order valence-electron chi connectivity index (χ2n) is 3.25. The molecule has 0 unspecified atom stereocenters. The van der Waals surface area contributed by atoms with Crippen LogP contribution in [0.1, 0.15) is 11.1 Å². The minimum Gasteiger partial charge on any atom is -0.322 e. The number of aryl methyl sites for hydroxylation is 1. The zero-order valence-corrected chi connectivity index (χ0v) is 9.35. The quantitative estimate of drug-likeness (QED) is 0.430. The summed E-state index contributed by atoms with van der Waals surface area (Å²) in [6, 6.07) is 1.78. The fourth-order valence-corrected chi connectivity index (χ4v) is 2.07. The van der Waals surface area contributed by atoms with Crippen LogP contribution in [0.2, 0.25) is 0 Å². The predicted octanol–water partition coefficient (Wildman–Crippen LogP) is 1.55. The molecule has 0 heterocycles. The van der Waals surface area contributed by atoms with Crippen molar-refractivity contribution in [3.05, 3.63) is 23.3 Å². The number of halogens is 3. The fraction of sp³-hybridized carbons (Fsp3) is 0.250. The van der Waals surface area contributed by atoms with Crippen LogP contribution in [0.25, 0.3) is 0 Å². The lowest BCUT2D eigenvalue weighted by molar-refractivity contribution is -0.137. The Labute approximate surface area is 95.1 Å². The molecule has 0 atom stereocenters. The molecule has 0 aromatic heterocycles. The highest BCUT2D eigenvalue weighted by Crippen LogP contribution is 2.39. The summed E-state index contributed by atoms with van der Waals surface area (Å²) in [6.45, 7) is 1.15. The second-order valence-corrected chi connectivity index (χ2v) is 4.64. The summed E-state index contributed by atoms with van der Waals surface area (Å²) in [6.07, 6.45) is -4.79. The Morgan fingerprint density at radius 2 is 1.88 bits per heavy atom. The molecule has 0 bridgehead atoms. The molecule has 0 saturated heterocycles. The van der Waals surface area contributed by atoms with Crippen LogP contribution in [0.15, 0.2) is 17.0 Å². The molecule has 96 valence electrons. The molecule has 17 heavy (non-hydrogen) atoms. The van der Waals surface area contributed by atoms with Crippen molar-refractivity contribution < 1.29 is 26.1 Å². The summed E-state index contributed by atoms with van der Waals surface area (Å²) in [4.78, 5) is -0.919. The van der Waals surface area contributed by atoms with E-state index in [1.807, 2.05) is 0 Å². The van der Waals surface area contributed by atoms with Crippen LogP contribution in [0, 0.1) is 6.92 Å². The van der Waals surface area contributed by atoms with E-state index in [4.69, 9.17) is 10.4 Å². The Kier molecular flexibility index (Phi) is 3.37. The highest BCUT2D eigenvalue weighted by Gasteiger charge is 2.37. The molecular weight excluding hydrogens is 261 g/mol. The van der Waals surface area contributed by atoms with Crippen molar-refractivity contribution >= 4 is 15.8 Å². The van der Waals surface area contributed by atoms with Crippen LogP contribution in [-0.2, 0) is 16.3 Å². The number of nitrogens with one attached hydrogen (secondary N) is 1. The van der Waals surface area contributed by atoms with Gasteiger partial charge in [0.2, 0.25) is 0 Å². The van der Waals surface area contributed by atoms with Gasteiger partial charge in [-0.2, -0.15) is 21.6 Å². The van der Waals surface area contributed by atoms with Crippen LogP contribution in [0.3, 0.4) is 0 Å². The number of hydrazine groups is 1. The number of rotatable bonds is 2. The van der Waals surface area contributed by atoms with Crippen molar-refractivity contribution in [3.63, 3.8) is 0 Å². The molecule has 0 aliphatic heterocycles. The fourth-order valence-electron chi connectivity index (χ4n) is 1.41. The minimum atomic E-state index is -4.79. The average molecular weight is 270 g/mol. The lowest BCUT2D eigenvalue weighted by atomic mass is 10.1. The molecule has 1 aromatic rings. The summed E-state index contributed by atoms with van der Waals surface area (Å²) in [5.74, 6) is 4.89. The summed E-state index contributed by atoms with van der Waals surface area (Å²) < 4.78 is 68.7. The molecule has 9 heteroatoms. The van der Waals surface area contributed by atoms with Gasteiger partial charge in [-0.1, -0.05) is 6.07 Å². The van der Waals surface area contributed by atoms with Crippen molar-refractivity contribution in [3.8, 4) is 0 Å². The molecule has 0 radical (unpaired) electrons. The van der Waals surface area contributed by atoms with Gasteiger partial charge < -0.3 is 5.43 Å². The first kappa shape index (κ1) is 13.7. The maximum Gasteiger partial charge on any atom is 0.418 e. The second kappa shape index (κ2) is 4.17. The van der Waals surface area contributed by atoms with Gasteiger partial charge in [0.25, 0.3) is 10.1 Å². The minimum absolute atomic E-state index is 0.210. The highest BCUT2D eigenvalue weighted by molar-refractivity contribution is 7.86. The molecular formula is C8H9F3N2O3S. The van der Waals surface area contributed by atoms with Crippen LogP contribution in [0.5, 0.6) is 0 Å². The van der Waals surface area contributed by atoms with Crippen LogP contribution >= 0.6 is 0 Å². The third kappa shape index (κ3) is 2.68. The van der Waals surface area contributed by atoms with E-state index in [0.717, 1.165) is 19.1 Å². The van der Waals surface area contributed by atoms with Gasteiger partial charge in [-0.05, 0) is 18.6 Å². The molecule has 0 amide bonds. The van der Waals surface area contributed by atoms with Crippen LogP contribution in [0.4, 0.5) is 18.9 Å². The maximum atomic E-state index is 12.7. The number of alkyl halides is 3. The topological polar surface area (TPSA) is 92.4 Å². The molecule has 1 aromatic carbocycles. The van der Waals surface area contributed by atoms with Gasteiger partial charge in [0, 0.05) is 0 Å². The Bertz CT molecular complexity index is 540. The zero-order chi connectivity index (χ0) is 13.4. The van der Waals surface area contributed by atoms with Gasteiger partial charge in [-0.3, -0.25) is 10.4 Å². The molecule has 0 aliphatic carbocycles. The zero-order valence-electron chi connectivity index (χ0n) is 8.54. The molecule has 0 fully saturated rings. The van der Waals surface area contributed by atoms with Gasteiger partial charge >= 0.3 is 6.18 Å². The lowest BCUT2D eigenvalue weighted by Crippen LogP contribution is -2.19. The summed E-state index contributed by atoms with van der Waals surface area (Å²) >= 11 is 0. The van der Waals surface area contributed by atoms with Gasteiger partial charge in [-0.15, -0.1) is 0 Å². The molecule has 5 nitrogen and oxygen atoms in total. The number of nitrogen functional groups attached to an aromatic ring is 1. The standard InChI is InChI=1S/C8H9F3N2O3S/c1-4-2-3-5(17(14,15)16)7(13-12)6(4)8(9,10)11/h2-3,13H,12H2,1H3,(H,14,15,16). The highest BCUT2D eigenvalue weighted by atomic mass is 32.2. The van der Waals surface area contributed by atoms with Gasteiger partial charge in [0.15, 0.2) is 0 Å². The number of hydrogen-bond donors (Lipinski definition) is 3. The van der Waals surface area contributed by atoms with Gasteiger partial charge in [0.05, 0.1) is 11.3 Å². The third-order valence-electron chi connectivity index (χ3n) is 2.08. The SMILES string of the molecule is Cc1ccc(S(=O)(=O)O)c(NN)c1C(F)(F)F. The number of hydrogen-bond acceptors (Lipinski definition) is 4. The first-order valence-electron chi connectivity index (χ1n) is 4.24. The van der Waals surface area contributed by atoms with Crippen molar-refractivity contribution in [1.29, 1.82) is 0 Å². The monoisotopic (exact) mass is 270 g/mol. The summed E-state index contributed by atoms with van der Waals surface area (Å²) in [5, 5.41) is 0. The Morgan fingerprint density at radius 1 is 1.35 bits per heavy atom. The predicted molar refractivity (Wildman–Crippen MR) is 53.8 cm³/mol. The van der Waals surface area contributed by atoms with E-state index in [2.05, 4.69) is 0 Å². The maximum absolute atomic E-state index is 12.7. The van der Waals surface area contributed by atoms with E-state index < -0.39 is 32.4 Å². The number of anilines is 1. The average Bonchev–Trinajstić information content (AvgIpc) is 2.12. The van der Waals surface area contributed by atoms with Crippen molar-refractivity contribution in [2.75, 3.05) is 5.43 Å². The van der Waals surface area contributed by atoms with Crippen LogP contribution in [-0.4, -0.2) is 13.0 Å². The Hall–Kier alpha value is -1.32. The summed E-state index contributed by atoms with van der Waals surface area (Å²) in [5.41, 5.74) is -0.653. The normalized spacial score (nSPS) is 12.6. The van der Waals surface area contributed by atoms with Crippen LogP contribution < -0.4 is 11.3 Å². The van der Waals surface area contributed by atoms with Crippen molar-refractivity contribution in [2.45, 2.75) is 18.0 Å². The molecule has 0 saturated carbocycles. The summed E-state index contributed by atoms with van der Waals surface area (Å²) in [7, 11) is -4.79. The van der Waals surface area contributed by atoms with E-state index in [-0.39, 0.29) is 5.56 Å². The first-order valence-corrected chi connectivity index (χ1v) is 5.68. The number of nitrogens with two attached hydrogens (primary N) is 1.